The highest BCUT2D eigenvalue weighted by Gasteiger charge is 2.16. The van der Waals surface area contributed by atoms with Crippen LogP contribution in [-0.4, -0.2) is 11.8 Å². The summed E-state index contributed by atoms with van der Waals surface area (Å²) in [4.78, 5) is 0. The number of benzene rings is 2. The van der Waals surface area contributed by atoms with Gasteiger partial charge in [0.2, 0.25) is 0 Å². The number of hydrogen-bond donors (Lipinski definition) is 0. The smallest absolute Gasteiger partial charge is 0.00952 e. The van der Waals surface area contributed by atoms with Crippen molar-refractivity contribution >= 4 is 18.5 Å². The zero-order valence-corrected chi connectivity index (χ0v) is 12.8. The van der Waals surface area contributed by atoms with Crippen molar-refractivity contribution in [1.29, 1.82) is 0 Å². The molecule has 3 unspecified atom stereocenters. The summed E-state index contributed by atoms with van der Waals surface area (Å²) in [7, 11) is 5.80. The fraction of sp³-hybridized carbons (Fsp3) is 0.250. The highest BCUT2D eigenvalue weighted by Crippen LogP contribution is 2.31. The Kier molecular flexibility index (Phi) is 5.36. The third-order valence-electron chi connectivity index (χ3n) is 3.25. The molecule has 0 amide bonds. The second-order valence-corrected chi connectivity index (χ2v) is 6.02. The van der Waals surface area contributed by atoms with Crippen LogP contribution in [0.3, 0.4) is 0 Å². The fourth-order valence-electron chi connectivity index (χ4n) is 2.23. The Hall–Kier alpha value is -0.700. The van der Waals surface area contributed by atoms with Crippen molar-refractivity contribution in [1.82, 2.24) is 0 Å². The van der Waals surface area contributed by atoms with Crippen LogP contribution in [-0.2, 0) is 0 Å². The zero-order chi connectivity index (χ0) is 12.8. The first-order valence-electron chi connectivity index (χ1n) is 6.37. The highest BCUT2D eigenvalue weighted by molar-refractivity contribution is 7.22. The van der Waals surface area contributed by atoms with Crippen LogP contribution < -0.4 is 0 Å². The molecule has 0 radical (unpaired) electrons. The van der Waals surface area contributed by atoms with Crippen molar-refractivity contribution in [2.45, 2.75) is 18.0 Å². The molecule has 0 aliphatic heterocycles. The van der Waals surface area contributed by atoms with Gasteiger partial charge in [0.25, 0.3) is 0 Å². The van der Waals surface area contributed by atoms with Crippen molar-refractivity contribution in [2.75, 3.05) is 6.16 Å². The van der Waals surface area contributed by atoms with Gasteiger partial charge in [0.15, 0.2) is 0 Å². The lowest BCUT2D eigenvalue weighted by atomic mass is 9.87. The summed E-state index contributed by atoms with van der Waals surface area (Å²) in [6.07, 6.45) is 2.29. The quantitative estimate of drug-likeness (QED) is 0.712. The minimum Gasteiger partial charge on any atom is -0.137 e. The Morgan fingerprint density at radius 2 is 1.22 bits per heavy atom. The molecule has 94 valence electrons. The van der Waals surface area contributed by atoms with Crippen LogP contribution in [0.15, 0.2) is 60.7 Å². The summed E-state index contributed by atoms with van der Waals surface area (Å²) in [5, 5.41) is 0. The van der Waals surface area contributed by atoms with Crippen molar-refractivity contribution in [3.8, 4) is 0 Å². The minimum absolute atomic E-state index is 0.496. The Balaban J connectivity index is 2.29. The van der Waals surface area contributed by atoms with E-state index in [9.17, 15) is 0 Å². The van der Waals surface area contributed by atoms with E-state index in [4.69, 9.17) is 0 Å². The summed E-state index contributed by atoms with van der Waals surface area (Å²) in [5.41, 5.74) is 3.46. The molecule has 2 heteroatoms. The van der Waals surface area contributed by atoms with Gasteiger partial charge in [-0.1, -0.05) is 60.7 Å². The Bertz CT molecular complexity index is 414. The van der Waals surface area contributed by atoms with Crippen molar-refractivity contribution in [2.24, 2.45) is 0 Å². The van der Waals surface area contributed by atoms with Crippen LogP contribution in [0.1, 0.15) is 23.5 Å². The van der Waals surface area contributed by atoms with Crippen LogP contribution in [0.2, 0.25) is 0 Å². The van der Waals surface area contributed by atoms with Gasteiger partial charge in [0, 0.05) is 5.92 Å². The SMILES string of the molecule is PCC(P)CC(c1ccccc1)c1ccccc1. The Morgan fingerprint density at radius 3 is 1.61 bits per heavy atom. The van der Waals surface area contributed by atoms with E-state index >= 15 is 0 Å². The highest BCUT2D eigenvalue weighted by atomic mass is 31.0. The molecule has 2 rings (SSSR count). The van der Waals surface area contributed by atoms with Gasteiger partial charge < -0.3 is 0 Å². The summed E-state index contributed by atoms with van der Waals surface area (Å²) in [6.45, 7) is 0. The third kappa shape index (κ3) is 3.64. The topological polar surface area (TPSA) is 0 Å². The average molecular weight is 274 g/mol. The van der Waals surface area contributed by atoms with Gasteiger partial charge in [-0.05, 0) is 29.4 Å². The first kappa shape index (κ1) is 13.7. The Labute approximate surface area is 115 Å². The van der Waals surface area contributed by atoms with Crippen LogP contribution in [0.25, 0.3) is 0 Å². The summed E-state index contributed by atoms with van der Waals surface area (Å²) >= 11 is 0. The van der Waals surface area contributed by atoms with E-state index in [2.05, 4.69) is 79.1 Å². The molecule has 3 atom stereocenters. The zero-order valence-electron chi connectivity index (χ0n) is 10.5. The first-order valence-corrected chi connectivity index (χ1v) is 7.85. The van der Waals surface area contributed by atoms with Crippen LogP contribution in [0.5, 0.6) is 0 Å². The monoisotopic (exact) mass is 274 g/mol. The maximum absolute atomic E-state index is 2.96. The van der Waals surface area contributed by atoms with Gasteiger partial charge in [0.1, 0.15) is 0 Å². The molecule has 0 aliphatic rings. The van der Waals surface area contributed by atoms with E-state index in [0.717, 1.165) is 6.16 Å². The lowest BCUT2D eigenvalue weighted by Crippen LogP contribution is -2.09. The van der Waals surface area contributed by atoms with Crippen molar-refractivity contribution < 1.29 is 0 Å². The molecule has 18 heavy (non-hydrogen) atoms. The first-order chi connectivity index (χ1) is 8.81. The summed E-state index contributed by atoms with van der Waals surface area (Å²) < 4.78 is 0. The predicted octanol–water partition coefficient (Wildman–Crippen LogP) is 4.33. The van der Waals surface area contributed by atoms with Crippen LogP contribution >= 0.6 is 18.5 Å². The van der Waals surface area contributed by atoms with E-state index < -0.39 is 0 Å². The van der Waals surface area contributed by atoms with Gasteiger partial charge in [-0.3, -0.25) is 0 Å². The van der Waals surface area contributed by atoms with E-state index in [-0.39, 0.29) is 0 Å². The average Bonchev–Trinajstić information content (AvgIpc) is 2.46. The van der Waals surface area contributed by atoms with Crippen LogP contribution in [0.4, 0.5) is 0 Å². The summed E-state index contributed by atoms with van der Waals surface area (Å²) in [5.74, 6) is 0.496. The van der Waals surface area contributed by atoms with Crippen molar-refractivity contribution in [3.63, 3.8) is 0 Å². The predicted molar refractivity (Wildman–Crippen MR) is 87.4 cm³/mol. The second kappa shape index (κ2) is 7.03. The van der Waals surface area contributed by atoms with E-state index in [1.807, 2.05) is 0 Å². The number of rotatable bonds is 5. The molecule has 2 aromatic carbocycles. The molecule has 0 aliphatic carbocycles. The van der Waals surface area contributed by atoms with Gasteiger partial charge >= 0.3 is 0 Å². The van der Waals surface area contributed by atoms with E-state index in [1.54, 1.807) is 0 Å². The number of hydrogen-bond acceptors (Lipinski definition) is 0. The molecular formula is C16H20P2. The van der Waals surface area contributed by atoms with E-state index in [0.29, 0.717) is 11.6 Å². The van der Waals surface area contributed by atoms with Gasteiger partial charge in [0.05, 0.1) is 0 Å². The minimum atomic E-state index is 0.496. The largest absolute Gasteiger partial charge is 0.137 e. The van der Waals surface area contributed by atoms with Gasteiger partial charge in [-0.25, -0.2) is 0 Å². The molecule has 0 fully saturated rings. The third-order valence-corrected chi connectivity index (χ3v) is 4.94. The van der Waals surface area contributed by atoms with Gasteiger partial charge in [-0.2, -0.15) is 0 Å². The molecule has 0 aromatic heterocycles. The normalized spacial score (nSPS) is 12.6. The standard InChI is InChI=1S/C16H20P2/c17-12-15(18)11-16(13-7-3-1-4-8-13)14-9-5-2-6-10-14/h1-10,15-16H,11-12,17-18H2. The fourth-order valence-corrected chi connectivity index (χ4v) is 2.70. The van der Waals surface area contributed by atoms with Gasteiger partial charge in [-0.15, -0.1) is 18.5 Å². The van der Waals surface area contributed by atoms with Crippen LogP contribution in [0, 0.1) is 0 Å². The molecule has 0 saturated heterocycles. The molecule has 2 aromatic rings. The van der Waals surface area contributed by atoms with Crippen molar-refractivity contribution in [3.05, 3.63) is 71.8 Å². The second-order valence-electron chi connectivity index (χ2n) is 4.61. The Morgan fingerprint density at radius 1 is 0.778 bits per heavy atom. The maximum Gasteiger partial charge on any atom is 0.00952 e. The summed E-state index contributed by atoms with van der Waals surface area (Å²) in [6, 6.07) is 21.6. The molecule has 0 spiro atoms. The molecule has 0 bridgehead atoms. The van der Waals surface area contributed by atoms with E-state index in [1.165, 1.54) is 17.5 Å². The molecule has 0 heterocycles. The molecule has 0 saturated carbocycles. The molecule has 0 N–H and O–H groups in total. The molecular weight excluding hydrogens is 254 g/mol. The lowest BCUT2D eigenvalue weighted by Gasteiger charge is -2.21. The lowest BCUT2D eigenvalue weighted by molar-refractivity contribution is 0.715. The molecule has 0 nitrogen and oxygen atoms in total. The maximum atomic E-state index is 2.96.